The highest BCUT2D eigenvalue weighted by Gasteiger charge is 2.55. The Hall–Kier alpha value is -4.09. The number of para-hydroxylation sites is 3. The number of benzene rings is 4. The molecule has 5 heteroatoms. The Morgan fingerprint density at radius 2 is 1.31 bits per heavy atom. The molecule has 0 amide bonds. The van der Waals surface area contributed by atoms with E-state index in [1.165, 1.54) is 0 Å². The fraction of sp³-hybridized carbons (Fsp3) is 0.167. The molecule has 35 heavy (non-hydrogen) atoms. The molecule has 2 aliphatic heterocycles. The van der Waals surface area contributed by atoms with Crippen LogP contribution in [0.3, 0.4) is 0 Å². The van der Waals surface area contributed by atoms with Gasteiger partial charge in [-0.3, -0.25) is 5.01 Å². The zero-order valence-electron chi connectivity index (χ0n) is 20.2. The number of ether oxygens (including phenoxy) is 2. The molecule has 0 saturated carbocycles. The Morgan fingerprint density at radius 3 is 1.91 bits per heavy atom. The second-order valence-electron chi connectivity index (χ2n) is 9.27. The topological polar surface area (TPSA) is 42.0 Å². The third-order valence-corrected chi connectivity index (χ3v) is 6.85. The predicted molar refractivity (Wildman–Crippen MR) is 136 cm³/mol. The van der Waals surface area contributed by atoms with E-state index in [2.05, 4.69) is 18.0 Å². The van der Waals surface area contributed by atoms with Crippen LogP contribution < -0.4 is 9.75 Å². The lowest BCUT2D eigenvalue weighted by molar-refractivity contribution is 0.0223. The maximum Gasteiger partial charge on any atom is 0.342 e. The van der Waals surface area contributed by atoms with Crippen LogP contribution >= 0.6 is 0 Å². The van der Waals surface area contributed by atoms with Crippen LogP contribution in [0.4, 0.5) is 11.4 Å². The standard InChI is InChI=1S/C30H26N2O3/c1-19-18-20(2)28(32(31(3)4)21-12-6-5-7-13-21)26-27(19)30(35-29(26)33)22-14-8-10-16-24(22)34-25-17-11-9-15-23(25)30/h5-18H,1-4H3. The Labute approximate surface area is 205 Å². The number of aryl methyl sites for hydroxylation is 2. The van der Waals surface area contributed by atoms with Gasteiger partial charge in [0.2, 0.25) is 0 Å². The molecule has 0 fully saturated rings. The van der Waals surface area contributed by atoms with Crippen LogP contribution in [0.5, 0.6) is 11.5 Å². The zero-order chi connectivity index (χ0) is 24.3. The molecule has 4 aromatic carbocycles. The predicted octanol–water partition coefficient (Wildman–Crippen LogP) is 6.49. The second kappa shape index (κ2) is 7.72. The van der Waals surface area contributed by atoms with E-state index in [0.717, 1.165) is 39.2 Å². The fourth-order valence-corrected chi connectivity index (χ4v) is 5.61. The van der Waals surface area contributed by atoms with Crippen molar-refractivity contribution >= 4 is 17.3 Å². The maximum atomic E-state index is 13.9. The SMILES string of the molecule is Cc1cc(C)c2c(c1N(c1ccccc1)N(C)C)C(=O)OC21c2ccccc2Oc2ccccc21. The minimum absolute atomic E-state index is 0.337. The van der Waals surface area contributed by atoms with Gasteiger partial charge >= 0.3 is 5.97 Å². The molecule has 2 heterocycles. The molecule has 1 spiro atoms. The summed E-state index contributed by atoms with van der Waals surface area (Å²) >= 11 is 0. The van der Waals surface area contributed by atoms with Gasteiger partial charge < -0.3 is 9.47 Å². The van der Waals surface area contributed by atoms with E-state index in [0.29, 0.717) is 17.1 Å². The lowest BCUT2D eigenvalue weighted by atomic mass is 9.75. The highest BCUT2D eigenvalue weighted by Crippen LogP contribution is 2.58. The number of hydrazine groups is 1. The number of nitrogens with zero attached hydrogens (tertiary/aromatic N) is 2. The van der Waals surface area contributed by atoms with E-state index < -0.39 is 5.60 Å². The van der Waals surface area contributed by atoms with Gasteiger partial charge in [0.1, 0.15) is 11.5 Å². The molecule has 0 radical (unpaired) electrons. The summed E-state index contributed by atoms with van der Waals surface area (Å²) in [7, 11) is 3.96. The molecule has 2 aliphatic rings. The molecule has 6 rings (SSSR count). The van der Waals surface area contributed by atoms with E-state index >= 15 is 0 Å². The lowest BCUT2D eigenvalue weighted by Crippen LogP contribution is -2.35. The minimum Gasteiger partial charge on any atom is -0.456 e. The van der Waals surface area contributed by atoms with Crippen molar-refractivity contribution in [3.05, 3.63) is 118 Å². The third kappa shape index (κ3) is 2.95. The largest absolute Gasteiger partial charge is 0.456 e. The summed E-state index contributed by atoms with van der Waals surface area (Å²) in [6.45, 7) is 4.11. The summed E-state index contributed by atoms with van der Waals surface area (Å²) in [5.74, 6) is 1.05. The van der Waals surface area contributed by atoms with Crippen molar-refractivity contribution < 1.29 is 14.3 Å². The monoisotopic (exact) mass is 462 g/mol. The zero-order valence-corrected chi connectivity index (χ0v) is 20.2. The molecule has 5 nitrogen and oxygen atoms in total. The van der Waals surface area contributed by atoms with Gasteiger partial charge in [-0.2, -0.15) is 0 Å². The quantitative estimate of drug-likeness (QED) is 0.257. The van der Waals surface area contributed by atoms with Crippen molar-refractivity contribution in [2.24, 2.45) is 0 Å². The Morgan fingerprint density at radius 1 is 0.743 bits per heavy atom. The summed E-state index contributed by atoms with van der Waals surface area (Å²) < 4.78 is 12.7. The normalized spacial score (nSPS) is 14.7. The molecule has 0 aliphatic carbocycles. The van der Waals surface area contributed by atoms with Crippen molar-refractivity contribution in [3.8, 4) is 11.5 Å². The number of carbonyl (C=O) groups excluding carboxylic acids is 1. The van der Waals surface area contributed by atoms with Crippen molar-refractivity contribution in [2.75, 3.05) is 19.1 Å². The first-order valence-electron chi connectivity index (χ1n) is 11.7. The summed E-state index contributed by atoms with van der Waals surface area (Å²) in [4.78, 5) is 13.9. The van der Waals surface area contributed by atoms with Crippen LogP contribution in [0.1, 0.15) is 38.2 Å². The minimum atomic E-state index is -1.08. The smallest absolute Gasteiger partial charge is 0.342 e. The molecule has 174 valence electrons. The average Bonchev–Trinajstić information content (AvgIpc) is 3.16. The molecular formula is C30H26N2O3. The lowest BCUT2D eigenvalue weighted by Gasteiger charge is -2.37. The summed E-state index contributed by atoms with van der Waals surface area (Å²) in [6, 6.07) is 27.9. The van der Waals surface area contributed by atoms with E-state index in [4.69, 9.17) is 9.47 Å². The third-order valence-electron chi connectivity index (χ3n) is 6.85. The van der Waals surface area contributed by atoms with Crippen LogP contribution in [-0.4, -0.2) is 25.1 Å². The maximum absolute atomic E-state index is 13.9. The van der Waals surface area contributed by atoms with Crippen LogP contribution in [0.25, 0.3) is 0 Å². The van der Waals surface area contributed by atoms with Gasteiger partial charge in [-0.25, -0.2) is 9.80 Å². The number of fused-ring (bicyclic) bond motifs is 6. The number of esters is 1. The van der Waals surface area contributed by atoms with Gasteiger partial charge in [0.25, 0.3) is 0 Å². The number of carbonyl (C=O) groups is 1. The first kappa shape index (κ1) is 21.4. The van der Waals surface area contributed by atoms with Gasteiger partial charge in [-0.1, -0.05) is 60.7 Å². The number of hydrogen-bond donors (Lipinski definition) is 0. The highest BCUT2D eigenvalue weighted by molar-refractivity contribution is 6.04. The summed E-state index contributed by atoms with van der Waals surface area (Å²) in [6.07, 6.45) is 0. The summed E-state index contributed by atoms with van der Waals surface area (Å²) in [5, 5.41) is 4.07. The van der Waals surface area contributed by atoms with Crippen molar-refractivity contribution in [1.29, 1.82) is 0 Å². The molecule has 0 atom stereocenters. The average molecular weight is 463 g/mol. The first-order chi connectivity index (χ1) is 16.9. The van der Waals surface area contributed by atoms with Crippen LogP contribution in [-0.2, 0) is 10.3 Å². The Kier molecular flexibility index (Phi) is 4.73. The van der Waals surface area contributed by atoms with Crippen LogP contribution in [0.2, 0.25) is 0 Å². The fourth-order valence-electron chi connectivity index (χ4n) is 5.61. The van der Waals surface area contributed by atoms with E-state index in [9.17, 15) is 4.79 Å². The molecule has 4 aromatic rings. The first-order valence-corrected chi connectivity index (χ1v) is 11.7. The second-order valence-corrected chi connectivity index (χ2v) is 9.27. The molecule has 0 aromatic heterocycles. The van der Waals surface area contributed by atoms with E-state index in [1.54, 1.807) is 0 Å². The van der Waals surface area contributed by atoms with Gasteiger partial charge in [-0.15, -0.1) is 0 Å². The van der Waals surface area contributed by atoms with Crippen molar-refractivity contribution in [2.45, 2.75) is 19.4 Å². The van der Waals surface area contributed by atoms with Crippen molar-refractivity contribution in [3.63, 3.8) is 0 Å². The van der Waals surface area contributed by atoms with Crippen LogP contribution in [0, 0.1) is 13.8 Å². The van der Waals surface area contributed by atoms with Gasteiger partial charge in [0.15, 0.2) is 5.60 Å². The number of anilines is 2. The summed E-state index contributed by atoms with van der Waals surface area (Å²) in [5.41, 5.74) is 5.84. The Balaban J connectivity index is 1.72. The van der Waals surface area contributed by atoms with E-state index in [1.807, 2.05) is 105 Å². The van der Waals surface area contributed by atoms with Gasteiger partial charge in [0.05, 0.1) is 16.9 Å². The highest BCUT2D eigenvalue weighted by atomic mass is 16.6. The van der Waals surface area contributed by atoms with Crippen LogP contribution in [0.15, 0.2) is 84.9 Å². The molecule has 0 saturated heterocycles. The molecule has 0 N–H and O–H groups in total. The van der Waals surface area contributed by atoms with Gasteiger partial charge in [-0.05, 0) is 49.2 Å². The van der Waals surface area contributed by atoms with E-state index in [-0.39, 0.29) is 5.97 Å². The molecule has 0 bridgehead atoms. The molecule has 0 unspecified atom stereocenters. The van der Waals surface area contributed by atoms with Gasteiger partial charge in [0, 0.05) is 30.8 Å². The number of rotatable bonds is 3. The number of hydrogen-bond acceptors (Lipinski definition) is 5. The molecular weight excluding hydrogens is 436 g/mol. The van der Waals surface area contributed by atoms with Crippen molar-refractivity contribution in [1.82, 2.24) is 5.01 Å². The Bertz CT molecular complexity index is 1430.